The average Bonchev–Trinajstić information content (AvgIpc) is 2.46. The topological polar surface area (TPSA) is 46.2 Å². The predicted octanol–water partition coefficient (Wildman–Crippen LogP) is 1.73. The van der Waals surface area contributed by atoms with E-state index >= 15 is 0 Å². The van der Waals surface area contributed by atoms with Gasteiger partial charge in [-0.05, 0) is 13.0 Å². The number of rotatable bonds is 2. The summed E-state index contributed by atoms with van der Waals surface area (Å²) < 4.78 is 0. The predicted molar refractivity (Wildman–Crippen MR) is 56.5 cm³/mol. The van der Waals surface area contributed by atoms with Crippen molar-refractivity contribution >= 4 is 11.7 Å². The zero-order valence-electron chi connectivity index (χ0n) is 8.76. The van der Waals surface area contributed by atoms with Crippen LogP contribution in [0.2, 0.25) is 0 Å². The van der Waals surface area contributed by atoms with Crippen LogP contribution in [-0.2, 0) is 9.59 Å². The highest BCUT2D eigenvalue weighted by molar-refractivity contribution is 6.46. The van der Waals surface area contributed by atoms with Gasteiger partial charge in [0.05, 0.1) is 11.3 Å². The van der Waals surface area contributed by atoms with Crippen LogP contribution in [0.5, 0.6) is 0 Å². The number of allylic oxidation sites excluding steroid dienone is 3. The summed E-state index contributed by atoms with van der Waals surface area (Å²) >= 11 is 0. The van der Waals surface area contributed by atoms with Crippen LogP contribution < -0.4 is 5.32 Å². The van der Waals surface area contributed by atoms with Crippen molar-refractivity contribution in [2.24, 2.45) is 0 Å². The molecule has 1 aliphatic rings. The van der Waals surface area contributed by atoms with Gasteiger partial charge in [-0.2, -0.15) is 0 Å². The molecule has 1 N–H and O–H groups in total. The van der Waals surface area contributed by atoms with E-state index < -0.39 is 11.7 Å². The van der Waals surface area contributed by atoms with Gasteiger partial charge in [-0.1, -0.05) is 32.6 Å². The van der Waals surface area contributed by atoms with Gasteiger partial charge in [-0.25, -0.2) is 0 Å². The van der Waals surface area contributed by atoms with Crippen LogP contribution in [0.4, 0.5) is 0 Å². The summed E-state index contributed by atoms with van der Waals surface area (Å²) in [5, 5.41) is 2.44. The lowest BCUT2D eigenvalue weighted by Crippen LogP contribution is -2.20. The van der Waals surface area contributed by atoms with E-state index in [2.05, 4.69) is 11.9 Å². The maximum absolute atomic E-state index is 11.0. The first-order chi connectivity index (χ1) is 6.70. The van der Waals surface area contributed by atoms with Crippen molar-refractivity contribution in [2.75, 3.05) is 0 Å². The Hall–Kier alpha value is -1.64. The molecule has 0 radical (unpaired) electrons. The Balaban J connectivity index is 0.000000791. The van der Waals surface area contributed by atoms with E-state index in [1.807, 2.05) is 20.8 Å². The molecule has 0 aromatic heterocycles. The third-order valence-electron chi connectivity index (χ3n) is 1.53. The van der Waals surface area contributed by atoms with E-state index in [4.69, 9.17) is 0 Å². The minimum atomic E-state index is -0.585. The van der Waals surface area contributed by atoms with E-state index in [0.29, 0.717) is 11.3 Å². The number of Topliss-reactive ketones (excluding diaryl/α,β-unsaturated/α-hetero) is 1. The van der Waals surface area contributed by atoms with Gasteiger partial charge in [0.15, 0.2) is 0 Å². The lowest BCUT2D eigenvalue weighted by molar-refractivity contribution is -0.134. The SMILES string of the molecule is C=CC1=C(/C=C\C)NC(=O)C1=O.CC. The Labute approximate surface area is 84.2 Å². The summed E-state index contributed by atoms with van der Waals surface area (Å²) in [5.41, 5.74) is 0.876. The molecular formula is C11H15NO2. The Bertz CT molecular complexity index is 311. The number of nitrogens with one attached hydrogen (secondary N) is 1. The Morgan fingerprint density at radius 3 is 2.29 bits per heavy atom. The zero-order valence-corrected chi connectivity index (χ0v) is 8.76. The van der Waals surface area contributed by atoms with Crippen molar-refractivity contribution in [2.45, 2.75) is 20.8 Å². The standard InChI is InChI=1S/C9H9NO2.C2H6/c1-3-5-7-6(4-2)8(11)9(12)10-7;1-2/h3-5H,2H2,1H3,(H,10,11,12);1-2H3/b5-3-;. The molecular weight excluding hydrogens is 178 g/mol. The summed E-state index contributed by atoms with van der Waals surface area (Å²) in [6.07, 6.45) is 4.80. The second kappa shape index (κ2) is 5.91. The van der Waals surface area contributed by atoms with Crippen LogP contribution in [0.15, 0.2) is 36.1 Å². The van der Waals surface area contributed by atoms with Gasteiger partial charge in [0.1, 0.15) is 0 Å². The average molecular weight is 193 g/mol. The molecule has 0 spiro atoms. The van der Waals surface area contributed by atoms with E-state index in [1.165, 1.54) is 6.08 Å². The van der Waals surface area contributed by atoms with Gasteiger partial charge < -0.3 is 5.32 Å². The first-order valence-corrected chi connectivity index (χ1v) is 4.55. The largest absolute Gasteiger partial charge is 0.318 e. The van der Waals surface area contributed by atoms with Gasteiger partial charge >= 0.3 is 0 Å². The third kappa shape index (κ3) is 2.42. The fourth-order valence-corrected chi connectivity index (χ4v) is 0.992. The Morgan fingerprint density at radius 2 is 1.86 bits per heavy atom. The van der Waals surface area contributed by atoms with E-state index in [9.17, 15) is 9.59 Å². The van der Waals surface area contributed by atoms with Crippen molar-refractivity contribution in [3.8, 4) is 0 Å². The quantitative estimate of drug-likeness (QED) is 0.679. The zero-order chi connectivity index (χ0) is 11.1. The molecule has 0 bridgehead atoms. The third-order valence-corrected chi connectivity index (χ3v) is 1.53. The van der Waals surface area contributed by atoms with Crippen LogP contribution in [0.3, 0.4) is 0 Å². The highest BCUT2D eigenvalue weighted by atomic mass is 16.2. The molecule has 0 unspecified atom stereocenters. The molecule has 0 aliphatic carbocycles. The molecule has 0 saturated heterocycles. The van der Waals surface area contributed by atoms with Gasteiger partial charge in [0, 0.05) is 0 Å². The second-order valence-corrected chi connectivity index (χ2v) is 2.31. The molecule has 1 aliphatic heterocycles. The lowest BCUT2D eigenvalue weighted by Gasteiger charge is -1.92. The molecule has 3 heteroatoms. The van der Waals surface area contributed by atoms with E-state index in [1.54, 1.807) is 12.2 Å². The van der Waals surface area contributed by atoms with Gasteiger partial charge in [0.25, 0.3) is 11.7 Å². The molecule has 1 heterocycles. The van der Waals surface area contributed by atoms with E-state index in [0.717, 1.165) is 0 Å². The molecule has 0 aromatic rings. The Morgan fingerprint density at radius 1 is 1.29 bits per heavy atom. The van der Waals surface area contributed by atoms with Crippen LogP contribution >= 0.6 is 0 Å². The van der Waals surface area contributed by atoms with Crippen LogP contribution in [0, 0.1) is 0 Å². The molecule has 76 valence electrons. The number of carbonyl (C=O) groups is 2. The van der Waals surface area contributed by atoms with Gasteiger partial charge in [-0.3, -0.25) is 9.59 Å². The highest BCUT2D eigenvalue weighted by Gasteiger charge is 2.27. The smallest absolute Gasteiger partial charge is 0.296 e. The minimum absolute atomic E-state index is 0.345. The molecule has 1 rings (SSSR count). The van der Waals surface area contributed by atoms with Crippen LogP contribution in [-0.4, -0.2) is 11.7 Å². The summed E-state index contributed by atoms with van der Waals surface area (Å²) in [4.78, 5) is 21.9. The fourth-order valence-electron chi connectivity index (χ4n) is 0.992. The maximum atomic E-state index is 11.0. The van der Waals surface area contributed by atoms with Crippen molar-refractivity contribution < 1.29 is 9.59 Å². The van der Waals surface area contributed by atoms with Crippen molar-refractivity contribution in [1.29, 1.82) is 0 Å². The molecule has 3 nitrogen and oxygen atoms in total. The van der Waals surface area contributed by atoms with Gasteiger partial charge in [-0.15, -0.1) is 0 Å². The van der Waals surface area contributed by atoms with Crippen LogP contribution in [0.25, 0.3) is 0 Å². The number of carbonyl (C=O) groups excluding carboxylic acids is 2. The van der Waals surface area contributed by atoms with Crippen LogP contribution in [0.1, 0.15) is 20.8 Å². The Kier molecular flexibility index (Phi) is 5.22. The summed E-state index contributed by atoms with van der Waals surface area (Å²) in [6, 6.07) is 0. The number of hydrogen-bond donors (Lipinski definition) is 1. The monoisotopic (exact) mass is 193 g/mol. The number of hydrogen-bond acceptors (Lipinski definition) is 2. The molecule has 14 heavy (non-hydrogen) atoms. The van der Waals surface area contributed by atoms with Crippen molar-refractivity contribution in [3.63, 3.8) is 0 Å². The summed E-state index contributed by atoms with van der Waals surface area (Å²) in [5.74, 6) is -1.10. The van der Waals surface area contributed by atoms with E-state index in [-0.39, 0.29) is 0 Å². The summed E-state index contributed by atoms with van der Waals surface area (Å²) in [6.45, 7) is 9.26. The molecule has 0 aromatic carbocycles. The maximum Gasteiger partial charge on any atom is 0.296 e. The fraction of sp³-hybridized carbons (Fsp3) is 0.273. The lowest BCUT2D eigenvalue weighted by atomic mass is 10.1. The van der Waals surface area contributed by atoms with Crippen molar-refractivity contribution in [3.05, 3.63) is 36.1 Å². The number of ketones is 1. The first kappa shape index (κ1) is 12.4. The van der Waals surface area contributed by atoms with Gasteiger partial charge in [0.2, 0.25) is 0 Å². The highest BCUT2D eigenvalue weighted by Crippen LogP contribution is 2.12. The molecule has 0 fully saturated rings. The summed E-state index contributed by atoms with van der Waals surface area (Å²) in [7, 11) is 0. The number of amides is 1. The second-order valence-electron chi connectivity index (χ2n) is 2.31. The first-order valence-electron chi connectivity index (χ1n) is 4.55. The van der Waals surface area contributed by atoms with Crippen molar-refractivity contribution in [1.82, 2.24) is 5.32 Å². The molecule has 0 saturated carbocycles. The minimum Gasteiger partial charge on any atom is -0.318 e. The molecule has 1 amide bonds. The molecule has 0 atom stereocenters. The normalized spacial score (nSPS) is 15.4.